The molecule has 1 aliphatic rings. The molecule has 4 nitrogen and oxygen atoms in total. The van der Waals surface area contributed by atoms with Crippen LogP contribution in [0.4, 0.5) is 0 Å². The van der Waals surface area contributed by atoms with E-state index in [0.717, 1.165) is 40.5 Å². The van der Waals surface area contributed by atoms with Crippen LogP contribution in [0.3, 0.4) is 0 Å². The van der Waals surface area contributed by atoms with Crippen molar-refractivity contribution in [2.75, 3.05) is 6.61 Å². The van der Waals surface area contributed by atoms with Crippen LogP contribution in [-0.4, -0.2) is 12.5 Å². The summed E-state index contributed by atoms with van der Waals surface area (Å²) >= 11 is 0. The average molecular weight is 363 g/mol. The van der Waals surface area contributed by atoms with Gasteiger partial charge < -0.3 is 14.5 Å². The normalized spacial score (nSPS) is 13.1. The van der Waals surface area contributed by atoms with Gasteiger partial charge in [0.05, 0.1) is 19.3 Å². The predicted octanol–water partition coefficient (Wildman–Crippen LogP) is 4.32. The van der Waals surface area contributed by atoms with Crippen molar-refractivity contribution in [1.82, 2.24) is 5.32 Å². The van der Waals surface area contributed by atoms with Gasteiger partial charge in [-0.2, -0.15) is 0 Å². The van der Waals surface area contributed by atoms with Crippen LogP contribution in [0.25, 0.3) is 11.0 Å². The minimum absolute atomic E-state index is 0.00408. The van der Waals surface area contributed by atoms with Crippen LogP contribution in [0.5, 0.6) is 0 Å². The van der Waals surface area contributed by atoms with Gasteiger partial charge in [0.1, 0.15) is 5.58 Å². The predicted molar refractivity (Wildman–Crippen MR) is 106 cm³/mol. The Morgan fingerprint density at radius 2 is 1.89 bits per heavy atom. The number of fused-ring (bicyclic) bond motifs is 2. The summed E-state index contributed by atoms with van der Waals surface area (Å²) in [5.41, 5.74) is 6.84. The first-order chi connectivity index (χ1) is 13.2. The standard InChI is InChI=1S/C23H25NO3/c1-2-26-14-19-7-4-3-6-18(19)13-24-23(25)12-20-15-27-22-11-17-9-5-8-16(17)10-21(20)22/h3-4,6-7,10-11,15H,2,5,8-9,12-14H2,1H3,(H,24,25). The van der Waals surface area contributed by atoms with Gasteiger partial charge in [0.15, 0.2) is 0 Å². The van der Waals surface area contributed by atoms with E-state index in [1.54, 1.807) is 6.26 Å². The first-order valence-corrected chi connectivity index (χ1v) is 9.67. The summed E-state index contributed by atoms with van der Waals surface area (Å²) in [4.78, 5) is 12.5. The second-order valence-corrected chi connectivity index (χ2v) is 7.09. The van der Waals surface area contributed by atoms with E-state index >= 15 is 0 Å². The third kappa shape index (κ3) is 3.91. The van der Waals surface area contributed by atoms with E-state index in [4.69, 9.17) is 9.15 Å². The summed E-state index contributed by atoms with van der Waals surface area (Å²) < 4.78 is 11.2. The van der Waals surface area contributed by atoms with Gasteiger partial charge in [-0.1, -0.05) is 24.3 Å². The molecule has 0 radical (unpaired) electrons. The molecule has 1 aliphatic carbocycles. The van der Waals surface area contributed by atoms with Crippen LogP contribution >= 0.6 is 0 Å². The Hall–Kier alpha value is -2.59. The molecule has 3 aromatic rings. The quantitative estimate of drug-likeness (QED) is 0.680. The van der Waals surface area contributed by atoms with Crippen molar-refractivity contribution in [3.63, 3.8) is 0 Å². The molecular weight excluding hydrogens is 338 g/mol. The van der Waals surface area contributed by atoms with E-state index in [9.17, 15) is 4.79 Å². The Bertz CT molecular complexity index is 957. The van der Waals surface area contributed by atoms with E-state index in [2.05, 4.69) is 17.4 Å². The van der Waals surface area contributed by atoms with E-state index in [1.165, 1.54) is 17.5 Å². The zero-order chi connectivity index (χ0) is 18.6. The number of hydrogen-bond donors (Lipinski definition) is 1. The molecule has 0 aliphatic heterocycles. The Labute approximate surface area is 159 Å². The molecule has 0 unspecified atom stereocenters. The largest absolute Gasteiger partial charge is 0.464 e. The molecule has 1 amide bonds. The molecule has 4 rings (SSSR count). The zero-order valence-electron chi connectivity index (χ0n) is 15.7. The minimum atomic E-state index is 0.00408. The number of rotatable bonds is 7. The SMILES string of the molecule is CCOCc1ccccc1CNC(=O)Cc1coc2cc3c(cc12)CCC3. The van der Waals surface area contributed by atoms with Crippen molar-refractivity contribution < 1.29 is 13.9 Å². The van der Waals surface area contributed by atoms with Crippen LogP contribution in [0.15, 0.2) is 47.1 Å². The van der Waals surface area contributed by atoms with E-state index in [0.29, 0.717) is 26.2 Å². The fourth-order valence-electron chi connectivity index (χ4n) is 3.80. The maximum Gasteiger partial charge on any atom is 0.224 e. The Balaban J connectivity index is 1.42. The summed E-state index contributed by atoms with van der Waals surface area (Å²) in [6.45, 7) is 3.74. The van der Waals surface area contributed by atoms with Gasteiger partial charge in [-0.15, -0.1) is 0 Å². The van der Waals surface area contributed by atoms with Crippen LogP contribution in [0.2, 0.25) is 0 Å². The molecule has 140 valence electrons. The number of aryl methyl sites for hydroxylation is 2. The lowest BCUT2D eigenvalue weighted by atomic mass is 10.0. The van der Waals surface area contributed by atoms with Crippen molar-refractivity contribution in [2.24, 2.45) is 0 Å². The topological polar surface area (TPSA) is 51.5 Å². The molecule has 0 bridgehead atoms. The Morgan fingerprint density at radius 3 is 2.70 bits per heavy atom. The van der Waals surface area contributed by atoms with Crippen LogP contribution in [-0.2, 0) is 41.9 Å². The number of nitrogens with one attached hydrogen (secondary N) is 1. The van der Waals surface area contributed by atoms with E-state index in [-0.39, 0.29) is 5.91 Å². The summed E-state index contributed by atoms with van der Waals surface area (Å²) in [7, 11) is 0. The molecule has 0 spiro atoms. The Kier molecular flexibility index (Phi) is 5.26. The number of furan rings is 1. The fraction of sp³-hybridized carbons (Fsp3) is 0.348. The number of benzene rings is 2. The zero-order valence-corrected chi connectivity index (χ0v) is 15.7. The fourth-order valence-corrected chi connectivity index (χ4v) is 3.80. The highest BCUT2D eigenvalue weighted by Crippen LogP contribution is 2.30. The minimum Gasteiger partial charge on any atom is -0.464 e. The third-order valence-electron chi connectivity index (χ3n) is 5.28. The maximum atomic E-state index is 12.5. The summed E-state index contributed by atoms with van der Waals surface area (Å²) in [5.74, 6) is 0.00408. The van der Waals surface area contributed by atoms with E-state index in [1.807, 2.05) is 31.2 Å². The number of hydrogen-bond acceptors (Lipinski definition) is 3. The number of carbonyl (C=O) groups excluding carboxylic acids is 1. The van der Waals surface area contributed by atoms with Gasteiger partial charge in [0.25, 0.3) is 0 Å². The number of amides is 1. The highest BCUT2D eigenvalue weighted by molar-refractivity contribution is 5.88. The lowest BCUT2D eigenvalue weighted by molar-refractivity contribution is -0.120. The monoisotopic (exact) mass is 363 g/mol. The lowest BCUT2D eigenvalue weighted by Gasteiger charge is -2.10. The van der Waals surface area contributed by atoms with Crippen LogP contribution < -0.4 is 5.32 Å². The van der Waals surface area contributed by atoms with Crippen molar-refractivity contribution in [3.8, 4) is 0 Å². The highest BCUT2D eigenvalue weighted by Gasteiger charge is 2.16. The Morgan fingerprint density at radius 1 is 1.11 bits per heavy atom. The molecule has 0 saturated heterocycles. The maximum absolute atomic E-state index is 12.5. The molecule has 0 saturated carbocycles. The van der Waals surface area contributed by atoms with Gasteiger partial charge in [0.2, 0.25) is 5.91 Å². The first-order valence-electron chi connectivity index (χ1n) is 9.67. The van der Waals surface area contributed by atoms with E-state index < -0.39 is 0 Å². The van der Waals surface area contributed by atoms with Crippen molar-refractivity contribution in [3.05, 3.63) is 70.5 Å². The highest BCUT2D eigenvalue weighted by atomic mass is 16.5. The molecular formula is C23H25NO3. The smallest absolute Gasteiger partial charge is 0.224 e. The molecule has 2 aromatic carbocycles. The molecule has 1 N–H and O–H groups in total. The van der Waals surface area contributed by atoms with Crippen molar-refractivity contribution in [2.45, 2.75) is 45.8 Å². The molecule has 1 heterocycles. The first kappa shape index (κ1) is 17.8. The van der Waals surface area contributed by atoms with Crippen LogP contribution in [0, 0.1) is 0 Å². The molecule has 1 aromatic heterocycles. The summed E-state index contributed by atoms with van der Waals surface area (Å²) in [6, 6.07) is 12.4. The molecule has 0 atom stereocenters. The second kappa shape index (κ2) is 7.97. The molecule has 0 fully saturated rings. The van der Waals surface area contributed by atoms with Crippen molar-refractivity contribution in [1.29, 1.82) is 0 Å². The van der Waals surface area contributed by atoms with Gasteiger partial charge in [0, 0.05) is 24.1 Å². The van der Waals surface area contributed by atoms with Gasteiger partial charge in [-0.25, -0.2) is 0 Å². The van der Waals surface area contributed by atoms with Crippen LogP contribution in [0.1, 0.15) is 41.2 Å². The summed E-state index contributed by atoms with van der Waals surface area (Å²) in [5, 5.41) is 4.11. The number of ether oxygens (including phenoxy) is 1. The van der Waals surface area contributed by atoms with Gasteiger partial charge >= 0.3 is 0 Å². The summed E-state index contributed by atoms with van der Waals surface area (Å²) in [6.07, 6.45) is 5.52. The van der Waals surface area contributed by atoms with Gasteiger partial charge in [-0.3, -0.25) is 4.79 Å². The molecule has 27 heavy (non-hydrogen) atoms. The average Bonchev–Trinajstić information content (AvgIpc) is 3.30. The van der Waals surface area contributed by atoms with Gasteiger partial charge in [-0.05, 0) is 60.6 Å². The third-order valence-corrected chi connectivity index (χ3v) is 5.28. The molecule has 4 heteroatoms. The second-order valence-electron chi connectivity index (χ2n) is 7.09. The lowest BCUT2D eigenvalue weighted by Crippen LogP contribution is -2.25. The number of carbonyl (C=O) groups is 1. The van der Waals surface area contributed by atoms with Crippen molar-refractivity contribution >= 4 is 16.9 Å².